The largest absolute Gasteiger partial charge is 0.493 e. The maximum absolute atomic E-state index is 13.6. The Morgan fingerprint density at radius 3 is 2.71 bits per heavy atom. The minimum atomic E-state index is -4.42. The summed E-state index contributed by atoms with van der Waals surface area (Å²) >= 11 is 0. The summed E-state index contributed by atoms with van der Waals surface area (Å²) in [6.07, 6.45) is 5.65. The van der Waals surface area contributed by atoms with Crippen molar-refractivity contribution in [2.45, 2.75) is 38.4 Å². The summed E-state index contributed by atoms with van der Waals surface area (Å²) < 4.78 is 49.8. The first-order valence-corrected chi connectivity index (χ1v) is 11.2. The lowest BCUT2D eigenvalue weighted by Gasteiger charge is -2.25. The molecule has 1 atom stereocenters. The molecule has 0 amide bonds. The molecule has 0 radical (unpaired) electrons. The highest BCUT2D eigenvalue weighted by Gasteiger charge is 2.37. The van der Waals surface area contributed by atoms with Gasteiger partial charge in [-0.05, 0) is 55.2 Å². The number of aromatic nitrogens is 6. The van der Waals surface area contributed by atoms with Gasteiger partial charge in [-0.25, -0.2) is 19.6 Å². The van der Waals surface area contributed by atoms with Gasteiger partial charge in [0.05, 0.1) is 18.4 Å². The van der Waals surface area contributed by atoms with Crippen LogP contribution in [0.3, 0.4) is 0 Å². The Balaban J connectivity index is 1.43. The predicted molar refractivity (Wildman–Crippen MR) is 124 cm³/mol. The molecule has 1 aliphatic rings. The van der Waals surface area contributed by atoms with E-state index in [1.807, 2.05) is 19.2 Å². The highest BCUT2D eigenvalue weighted by molar-refractivity contribution is 5.67. The van der Waals surface area contributed by atoms with Crippen LogP contribution in [-0.4, -0.2) is 36.4 Å². The van der Waals surface area contributed by atoms with Gasteiger partial charge in [0.1, 0.15) is 12.2 Å². The molecule has 1 aliphatic heterocycles. The van der Waals surface area contributed by atoms with Gasteiger partial charge in [-0.2, -0.15) is 18.3 Å². The summed E-state index contributed by atoms with van der Waals surface area (Å²) in [6, 6.07) is 7.55. The van der Waals surface area contributed by atoms with Gasteiger partial charge in [0, 0.05) is 24.9 Å². The van der Waals surface area contributed by atoms with E-state index < -0.39 is 17.7 Å². The predicted octanol–water partition coefficient (Wildman–Crippen LogP) is 5.29. The van der Waals surface area contributed by atoms with Gasteiger partial charge in [-0.1, -0.05) is 18.2 Å². The number of aryl methyl sites for hydroxylation is 2. The number of fused-ring (bicyclic) bond motifs is 1. The third-order valence-electron chi connectivity index (χ3n) is 5.99. The molecule has 0 saturated carbocycles. The third-order valence-corrected chi connectivity index (χ3v) is 5.99. The van der Waals surface area contributed by atoms with Gasteiger partial charge >= 0.3 is 6.18 Å². The van der Waals surface area contributed by atoms with Crippen LogP contribution in [0.4, 0.5) is 13.2 Å². The molecule has 0 saturated heterocycles. The molecular weight excluding hydrogens is 457 g/mol. The van der Waals surface area contributed by atoms with E-state index in [1.165, 1.54) is 12.1 Å². The molecule has 180 valence electrons. The van der Waals surface area contributed by atoms with Crippen LogP contribution in [0, 0.1) is 6.92 Å². The minimum Gasteiger partial charge on any atom is -0.493 e. The number of imidazole rings is 1. The van der Waals surface area contributed by atoms with E-state index in [4.69, 9.17) is 4.74 Å². The molecule has 5 rings (SSSR count). The Bertz CT molecular complexity index is 1390. The SMILES string of the molecule is COc1cc(C=Cc2nc3n(n2)CCCC3c2ccccc2C(F)(F)F)cnc1-n1cnc(C)c1. The number of halogens is 3. The second-order valence-electron chi connectivity index (χ2n) is 8.38. The van der Waals surface area contributed by atoms with Crippen molar-refractivity contribution in [2.24, 2.45) is 0 Å². The molecule has 7 nitrogen and oxygen atoms in total. The molecule has 3 aromatic heterocycles. The van der Waals surface area contributed by atoms with E-state index in [-0.39, 0.29) is 5.56 Å². The second-order valence-corrected chi connectivity index (χ2v) is 8.38. The average Bonchev–Trinajstić information content (AvgIpc) is 3.47. The van der Waals surface area contributed by atoms with Crippen LogP contribution in [0.25, 0.3) is 18.0 Å². The van der Waals surface area contributed by atoms with Gasteiger partial charge in [0.25, 0.3) is 0 Å². The molecule has 1 aromatic carbocycles. The molecular formula is C25H23F3N6O. The van der Waals surface area contributed by atoms with Crippen molar-refractivity contribution >= 4 is 12.2 Å². The zero-order chi connectivity index (χ0) is 24.6. The van der Waals surface area contributed by atoms with Crippen LogP contribution in [0.1, 0.15) is 52.8 Å². The highest BCUT2D eigenvalue weighted by Crippen LogP contribution is 2.40. The summed E-state index contributed by atoms with van der Waals surface area (Å²) in [7, 11) is 1.57. The fraction of sp³-hybridized carbons (Fsp3) is 0.280. The van der Waals surface area contributed by atoms with E-state index in [1.54, 1.807) is 47.1 Å². The Hall–Kier alpha value is -3.95. The first-order valence-electron chi connectivity index (χ1n) is 11.2. The zero-order valence-corrected chi connectivity index (χ0v) is 19.2. The van der Waals surface area contributed by atoms with Crippen molar-refractivity contribution in [1.82, 2.24) is 29.3 Å². The monoisotopic (exact) mass is 480 g/mol. The van der Waals surface area contributed by atoms with Gasteiger partial charge in [0.2, 0.25) is 0 Å². The molecule has 0 N–H and O–H groups in total. The first-order chi connectivity index (χ1) is 16.8. The van der Waals surface area contributed by atoms with Crippen molar-refractivity contribution in [1.29, 1.82) is 0 Å². The summed E-state index contributed by atoms with van der Waals surface area (Å²) in [6.45, 7) is 2.51. The Kier molecular flexibility index (Phi) is 5.88. The lowest BCUT2D eigenvalue weighted by Crippen LogP contribution is -2.21. The summed E-state index contributed by atoms with van der Waals surface area (Å²) in [4.78, 5) is 13.3. The smallest absolute Gasteiger partial charge is 0.416 e. The lowest BCUT2D eigenvalue weighted by molar-refractivity contribution is -0.138. The number of hydrogen-bond acceptors (Lipinski definition) is 5. The zero-order valence-electron chi connectivity index (χ0n) is 19.2. The van der Waals surface area contributed by atoms with Crippen molar-refractivity contribution in [3.63, 3.8) is 0 Å². The molecule has 35 heavy (non-hydrogen) atoms. The minimum absolute atomic E-state index is 0.239. The van der Waals surface area contributed by atoms with E-state index in [0.29, 0.717) is 36.2 Å². The summed E-state index contributed by atoms with van der Waals surface area (Å²) in [5.74, 6) is 1.71. The van der Waals surface area contributed by atoms with E-state index in [9.17, 15) is 13.2 Å². The highest BCUT2D eigenvalue weighted by atomic mass is 19.4. The van der Waals surface area contributed by atoms with Crippen LogP contribution in [0.15, 0.2) is 49.1 Å². The molecule has 0 fully saturated rings. The number of hydrogen-bond donors (Lipinski definition) is 0. The summed E-state index contributed by atoms with van der Waals surface area (Å²) in [5.41, 5.74) is 1.26. The molecule has 0 bridgehead atoms. The van der Waals surface area contributed by atoms with Crippen molar-refractivity contribution in [2.75, 3.05) is 7.11 Å². The van der Waals surface area contributed by atoms with Crippen molar-refractivity contribution in [3.05, 3.63) is 83.1 Å². The molecule has 4 heterocycles. The number of alkyl halides is 3. The van der Waals surface area contributed by atoms with E-state index >= 15 is 0 Å². The lowest BCUT2D eigenvalue weighted by atomic mass is 9.88. The van der Waals surface area contributed by atoms with Crippen LogP contribution >= 0.6 is 0 Å². The van der Waals surface area contributed by atoms with Crippen molar-refractivity contribution < 1.29 is 17.9 Å². The molecule has 0 aliphatic carbocycles. The van der Waals surface area contributed by atoms with Gasteiger partial charge < -0.3 is 4.74 Å². The topological polar surface area (TPSA) is 70.7 Å². The van der Waals surface area contributed by atoms with Crippen molar-refractivity contribution in [3.8, 4) is 11.6 Å². The molecule has 0 spiro atoms. The second kappa shape index (κ2) is 9.01. The Morgan fingerprint density at radius 1 is 1.14 bits per heavy atom. The van der Waals surface area contributed by atoms with E-state index in [0.717, 1.165) is 23.7 Å². The molecule has 4 aromatic rings. The quantitative estimate of drug-likeness (QED) is 0.388. The van der Waals surface area contributed by atoms with Crippen LogP contribution < -0.4 is 4.74 Å². The van der Waals surface area contributed by atoms with E-state index in [2.05, 4.69) is 20.1 Å². The van der Waals surface area contributed by atoms with Gasteiger partial charge in [-0.15, -0.1) is 0 Å². The fourth-order valence-electron chi connectivity index (χ4n) is 4.39. The van der Waals surface area contributed by atoms with Crippen LogP contribution in [0.5, 0.6) is 5.75 Å². The number of rotatable bonds is 5. The first kappa shape index (κ1) is 22.8. The fourth-order valence-corrected chi connectivity index (χ4v) is 4.39. The Morgan fingerprint density at radius 2 is 1.97 bits per heavy atom. The standard InChI is InChI=1S/C25H23F3N6O/c1-16-14-33(15-30-16)24-21(35-2)12-17(13-29-24)9-10-22-31-23-19(7-5-11-34(23)32-22)18-6-3-4-8-20(18)25(26,27)28/h3-4,6,8-10,12-15,19H,5,7,11H2,1-2H3. The normalized spacial score (nSPS) is 16.0. The number of ether oxygens (including phenoxy) is 1. The average molecular weight is 480 g/mol. The molecule has 10 heteroatoms. The maximum Gasteiger partial charge on any atom is 0.416 e. The number of nitrogens with zero attached hydrogens (tertiary/aromatic N) is 6. The Labute approximate surface area is 199 Å². The van der Waals surface area contributed by atoms with Crippen LogP contribution in [-0.2, 0) is 12.7 Å². The maximum atomic E-state index is 13.6. The van der Waals surface area contributed by atoms with Gasteiger partial charge in [-0.3, -0.25) is 4.57 Å². The van der Waals surface area contributed by atoms with Gasteiger partial charge in [0.15, 0.2) is 17.4 Å². The number of methoxy groups -OCH3 is 1. The molecule has 1 unspecified atom stereocenters. The summed E-state index contributed by atoms with van der Waals surface area (Å²) in [5, 5.41) is 4.52. The van der Waals surface area contributed by atoms with Crippen LogP contribution in [0.2, 0.25) is 0 Å². The number of benzene rings is 1. The third kappa shape index (κ3) is 4.55. The number of pyridine rings is 1.